The molecule has 0 spiro atoms. The molecule has 20 heavy (non-hydrogen) atoms. The van der Waals surface area contributed by atoms with Gasteiger partial charge in [0.05, 0.1) is 6.61 Å². The first-order valence-corrected chi connectivity index (χ1v) is 7.55. The second kappa shape index (κ2) is 7.21. The third-order valence-electron chi connectivity index (χ3n) is 4.50. The number of hydrogen-bond acceptors (Lipinski definition) is 3. The minimum atomic E-state index is -0.171. The van der Waals surface area contributed by atoms with Gasteiger partial charge in [0.1, 0.15) is 0 Å². The van der Waals surface area contributed by atoms with Crippen LogP contribution in [-0.4, -0.2) is 50.0 Å². The lowest BCUT2D eigenvalue weighted by molar-refractivity contribution is 0.0784. The van der Waals surface area contributed by atoms with Gasteiger partial charge in [-0.2, -0.15) is 0 Å². The van der Waals surface area contributed by atoms with Crippen LogP contribution >= 0.6 is 0 Å². The highest BCUT2D eigenvalue weighted by Gasteiger charge is 2.30. The zero-order chi connectivity index (χ0) is 14.4. The largest absolute Gasteiger partial charge is 0.395 e. The average Bonchev–Trinajstić information content (AvgIpc) is 2.50. The molecule has 1 unspecified atom stereocenters. The van der Waals surface area contributed by atoms with Gasteiger partial charge in [0.2, 0.25) is 0 Å². The van der Waals surface area contributed by atoms with E-state index in [0.29, 0.717) is 5.92 Å². The second-order valence-corrected chi connectivity index (χ2v) is 6.26. The van der Waals surface area contributed by atoms with Gasteiger partial charge in [0.15, 0.2) is 0 Å². The topological polar surface area (TPSA) is 32.7 Å². The van der Waals surface area contributed by atoms with Gasteiger partial charge >= 0.3 is 0 Å². The van der Waals surface area contributed by atoms with Crippen LogP contribution < -0.4 is 0 Å². The molecule has 1 aliphatic heterocycles. The molecule has 3 heteroatoms. The first kappa shape index (κ1) is 15.5. The zero-order valence-electron chi connectivity index (χ0n) is 12.7. The summed E-state index contributed by atoms with van der Waals surface area (Å²) in [6, 6.07) is 10.4. The molecule has 1 aromatic carbocycles. The van der Waals surface area contributed by atoms with Gasteiger partial charge in [-0.1, -0.05) is 37.3 Å². The number of hydrogen-bond donors (Lipinski definition) is 1. The lowest BCUT2D eigenvalue weighted by Crippen LogP contribution is -2.45. The minimum Gasteiger partial charge on any atom is -0.395 e. The molecule has 0 saturated carbocycles. The number of nitrogens with zero attached hydrogens (tertiary/aromatic N) is 1. The monoisotopic (exact) mass is 277 g/mol. The van der Waals surface area contributed by atoms with Crippen molar-refractivity contribution in [2.24, 2.45) is 5.92 Å². The molecular formula is C17H27NO2. The Labute approximate surface area is 122 Å². The van der Waals surface area contributed by atoms with E-state index in [1.165, 1.54) is 18.4 Å². The summed E-state index contributed by atoms with van der Waals surface area (Å²) in [5.74, 6) is 0.702. The maximum absolute atomic E-state index is 9.86. The van der Waals surface area contributed by atoms with Crippen LogP contribution in [0.3, 0.4) is 0 Å². The summed E-state index contributed by atoms with van der Waals surface area (Å²) in [5, 5.41) is 9.86. The molecule has 1 fully saturated rings. The molecule has 1 N–H and O–H groups in total. The number of benzene rings is 1. The zero-order valence-corrected chi connectivity index (χ0v) is 12.7. The Morgan fingerprint density at radius 1 is 1.25 bits per heavy atom. The highest BCUT2D eigenvalue weighted by atomic mass is 16.5. The van der Waals surface area contributed by atoms with Crippen molar-refractivity contribution in [2.45, 2.75) is 25.2 Å². The Bertz CT molecular complexity index is 387. The van der Waals surface area contributed by atoms with Gasteiger partial charge in [-0.15, -0.1) is 0 Å². The van der Waals surface area contributed by atoms with E-state index in [9.17, 15) is 5.11 Å². The van der Waals surface area contributed by atoms with Crippen LogP contribution in [0.15, 0.2) is 30.3 Å². The Morgan fingerprint density at radius 2 is 1.90 bits per heavy atom. The van der Waals surface area contributed by atoms with Gasteiger partial charge in [0.25, 0.3) is 0 Å². The van der Waals surface area contributed by atoms with Gasteiger partial charge in [-0.25, -0.2) is 0 Å². The van der Waals surface area contributed by atoms with Crippen LogP contribution in [0.25, 0.3) is 0 Å². The number of ether oxygens (including phenoxy) is 1. The van der Waals surface area contributed by atoms with E-state index in [1.54, 1.807) is 7.11 Å². The number of likely N-dealkylation sites (tertiary alicyclic amines) is 1. The third kappa shape index (κ3) is 3.81. The number of piperidine rings is 1. The van der Waals surface area contributed by atoms with E-state index in [-0.39, 0.29) is 12.0 Å². The smallest absolute Gasteiger partial charge is 0.0537 e. The molecule has 1 aromatic rings. The summed E-state index contributed by atoms with van der Waals surface area (Å²) in [5.41, 5.74) is 1.05. The van der Waals surface area contributed by atoms with Crippen molar-refractivity contribution < 1.29 is 9.84 Å². The van der Waals surface area contributed by atoms with Gasteiger partial charge in [-0.05, 0) is 37.4 Å². The Balaban J connectivity index is 1.94. The van der Waals surface area contributed by atoms with Crippen LogP contribution in [0, 0.1) is 5.92 Å². The fourth-order valence-electron chi connectivity index (χ4n) is 3.11. The number of aliphatic hydroxyl groups excluding tert-OH is 1. The van der Waals surface area contributed by atoms with Crippen molar-refractivity contribution in [3.8, 4) is 0 Å². The van der Waals surface area contributed by atoms with Crippen LogP contribution in [0.5, 0.6) is 0 Å². The molecule has 0 amide bonds. The maximum atomic E-state index is 9.86. The first-order valence-electron chi connectivity index (χ1n) is 7.55. The second-order valence-electron chi connectivity index (χ2n) is 6.26. The maximum Gasteiger partial charge on any atom is 0.0537 e. The summed E-state index contributed by atoms with van der Waals surface area (Å²) in [7, 11) is 1.78. The fraction of sp³-hybridized carbons (Fsp3) is 0.647. The van der Waals surface area contributed by atoms with E-state index in [2.05, 4.69) is 24.0 Å². The summed E-state index contributed by atoms with van der Waals surface area (Å²) in [6.07, 6.45) is 2.40. The van der Waals surface area contributed by atoms with Crippen molar-refractivity contribution in [2.75, 3.05) is 40.0 Å². The van der Waals surface area contributed by atoms with Crippen molar-refractivity contribution in [1.29, 1.82) is 0 Å². The predicted octanol–water partition coefficient (Wildman–Crippen LogP) is 2.30. The van der Waals surface area contributed by atoms with Crippen molar-refractivity contribution in [1.82, 2.24) is 4.90 Å². The quantitative estimate of drug-likeness (QED) is 0.866. The molecule has 1 heterocycles. The molecule has 0 radical (unpaired) electrons. The lowest BCUT2D eigenvalue weighted by Gasteiger charge is -2.38. The number of aliphatic hydroxyl groups is 1. The van der Waals surface area contributed by atoms with E-state index >= 15 is 0 Å². The molecular weight excluding hydrogens is 250 g/mol. The number of methoxy groups -OCH3 is 1. The summed E-state index contributed by atoms with van der Waals surface area (Å²) in [4.78, 5) is 2.48. The molecule has 1 aliphatic rings. The first-order chi connectivity index (χ1) is 9.68. The van der Waals surface area contributed by atoms with Gasteiger partial charge in [-0.3, -0.25) is 0 Å². The summed E-state index contributed by atoms with van der Waals surface area (Å²) < 4.78 is 5.25. The van der Waals surface area contributed by atoms with E-state index < -0.39 is 0 Å². The van der Waals surface area contributed by atoms with E-state index in [4.69, 9.17) is 4.74 Å². The van der Waals surface area contributed by atoms with Crippen LogP contribution in [0.4, 0.5) is 0 Å². The van der Waals surface area contributed by atoms with Crippen LogP contribution in [0.2, 0.25) is 0 Å². The molecule has 1 saturated heterocycles. The highest BCUT2D eigenvalue weighted by molar-refractivity contribution is 5.25. The SMILES string of the molecule is COCC1CCN(CC(C)(CO)c2ccccc2)CC1. The molecule has 0 aromatic heterocycles. The standard InChI is InChI=1S/C17H27NO2/c1-17(14-19,16-6-4-3-5-7-16)13-18-10-8-15(9-11-18)12-20-2/h3-7,15,19H,8-14H2,1-2H3. The van der Waals surface area contributed by atoms with Crippen molar-refractivity contribution in [3.63, 3.8) is 0 Å². The average molecular weight is 277 g/mol. The molecule has 1 atom stereocenters. The molecule has 2 rings (SSSR count). The van der Waals surface area contributed by atoms with Crippen molar-refractivity contribution in [3.05, 3.63) is 35.9 Å². The lowest BCUT2D eigenvalue weighted by atomic mass is 9.82. The minimum absolute atomic E-state index is 0.171. The Kier molecular flexibility index (Phi) is 5.58. The summed E-state index contributed by atoms with van der Waals surface area (Å²) in [6.45, 7) is 6.36. The molecule has 3 nitrogen and oxygen atoms in total. The van der Waals surface area contributed by atoms with Crippen LogP contribution in [-0.2, 0) is 10.2 Å². The van der Waals surface area contributed by atoms with Gasteiger partial charge < -0.3 is 14.7 Å². The van der Waals surface area contributed by atoms with Crippen LogP contribution in [0.1, 0.15) is 25.3 Å². The highest BCUT2D eigenvalue weighted by Crippen LogP contribution is 2.27. The molecule has 112 valence electrons. The van der Waals surface area contributed by atoms with Gasteiger partial charge in [0, 0.05) is 25.7 Å². The molecule has 0 aliphatic carbocycles. The normalized spacial score (nSPS) is 20.8. The van der Waals surface area contributed by atoms with E-state index in [1.807, 2.05) is 18.2 Å². The fourth-order valence-corrected chi connectivity index (χ4v) is 3.11. The Morgan fingerprint density at radius 3 is 2.45 bits per heavy atom. The van der Waals surface area contributed by atoms with Crippen molar-refractivity contribution >= 4 is 0 Å². The summed E-state index contributed by atoms with van der Waals surface area (Å²) >= 11 is 0. The molecule has 0 bridgehead atoms. The Hall–Kier alpha value is -0.900. The predicted molar refractivity (Wildman–Crippen MR) is 81.9 cm³/mol. The van der Waals surface area contributed by atoms with E-state index in [0.717, 1.165) is 26.2 Å². The number of rotatable bonds is 6. The third-order valence-corrected chi connectivity index (χ3v) is 4.50.